The van der Waals surface area contributed by atoms with Gasteiger partial charge < -0.3 is 14.8 Å². The molecule has 3 aromatic rings. The van der Waals surface area contributed by atoms with Gasteiger partial charge in [-0.1, -0.05) is 18.2 Å². The number of methoxy groups -OCH3 is 2. The summed E-state index contributed by atoms with van der Waals surface area (Å²) in [7, 11) is 3.15. The van der Waals surface area contributed by atoms with Crippen molar-refractivity contribution < 1.29 is 14.3 Å². The molecule has 0 aliphatic rings. The summed E-state index contributed by atoms with van der Waals surface area (Å²) in [4.78, 5) is 21.5. The first-order valence-corrected chi connectivity index (χ1v) is 8.99. The van der Waals surface area contributed by atoms with Crippen LogP contribution in [0.2, 0.25) is 0 Å². The predicted octanol–water partition coefficient (Wildman–Crippen LogP) is 3.50. The fraction of sp³-hybridized carbons (Fsp3) is 0.136. The van der Waals surface area contributed by atoms with E-state index in [2.05, 4.69) is 20.6 Å². The maximum atomic E-state index is 12.7. The maximum absolute atomic E-state index is 12.7. The lowest BCUT2D eigenvalue weighted by Crippen LogP contribution is -2.36. The summed E-state index contributed by atoms with van der Waals surface area (Å²) in [5.74, 6) is 1.29. The number of pyridine rings is 1. The standard InChI is InChI=1S/C22H22N4O3/c1-28-19-10-5-7-16(13-19)21(27)26-22(24-15-18-8-3-4-12-23-18)25-17-9-6-11-20(14-17)29-2/h3-14H,15H2,1-2H3,(H2,24,25,26,27). The average Bonchev–Trinajstić information content (AvgIpc) is 2.78. The monoisotopic (exact) mass is 390 g/mol. The van der Waals surface area contributed by atoms with E-state index in [1.807, 2.05) is 42.5 Å². The van der Waals surface area contributed by atoms with E-state index in [1.54, 1.807) is 44.7 Å². The molecule has 0 fully saturated rings. The van der Waals surface area contributed by atoms with Crippen molar-refractivity contribution in [2.24, 2.45) is 4.99 Å². The Morgan fingerprint density at radius 2 is 1.72 bits per heavy atom. The minimum atomic E-state index is -0.306. The lowest BCUT2D eigenvalue weighted by Gasteiger charge is -2.13. The highest BCUT2D eigenvalue weighted by atomic mass is 16.5. The Labute approximate surface area is 169 Å². The number of nitrogens with zero attached hydrogens (tertiary/aromatic N) is 2. The Morgan fingerprint density at radius 3 is 2.45 bits per heavy atom. The number of carbonyl (C=O) groups is 1. The number of aromatic nitrogens is 1. The topological polar surface area (TPSA) is 84.8 Å². The lowest BCUT2D eigenvalue weighted by molar-refractivity contribution is 0.0976. The summed E-state index contributed by atoms with van der Waals surface area (Å²) in [5.41, 5.74) is 1.98. The highest BCUT2D eigenvalue weighted by Gasteiger charge is 2.11. The van der Waals surface area contributed by atoms with Gasteiger partial charge in [-0.2, -0.15) is 0 Å². The van der Waals surface area contributed by atoms with Crippen LogP contribution in [-0.2, 0) is 6.54 Å². The zero-order valence-electron chi connectivity index (χ0n) is 16.3. The van der Waals surface area contributed by atoms with E-state index in [0.29, 0.717) is 29.6 Å². The number of amides is 1. The number of hydrogen-bond acceptors (Lipinski definition) is 5. The fourth-order valence-corrected chi connectivity index (χ4v) is 2.54. The second-order valence-corrected chi connectivity index (χ2v) is 6.03. The first kappa shape index (κ1) is 19.9. The van der Waals surface area contributed by atoms with Gasteiger partial charge in [0.05, 0.1) is 26.5 Å². The molecule has 0 unspecified atom stereocenters. The summed E-state index contributed by atoms with van der Waals surface area (Å²) >= 11 is 0. The van der Waals surface area contributed by atoms with E-state index >= 15 is 0 Å². The Bertz CT molecular complexity index is 990. The summed E-state index contributed by atoms with van der Waals surface area (Å²) in [6.45, 7) is 0.311. The highest BCUT2D eigenvalue weighted by molar-refractivity contribution is 6.10. The molecule has 0 spiro atoms. The molecule has 1 amide bonds. The molecule has 29 heavy (non-hydrogen) atoms. The van der Waals surface area contributed by atoms with Crippen LogP contribution in [0.5, 0.6) is 11.5 Å². The van der Waals surface area contributed by atoms with Gasteiger partial charge in [-0.25, -0.2) is 4.99 Å². The largest absolute Gasteiger partial charge is 0.497 e. The third kappa shape index (κ3) is 5.80. The molecular weight excluding hydrogens is 368 g/mol. The van der Waals surface area contributed by atoms with Crippen molar-refractivity contribution >= 4 is 17.6 Å². The molecule has 2 N–H and O–H groups in total. The molecule has 0 bridgehead atoms. The third-order valence-corrected chi connectivity index (χ3v) is 4.02. The van der Waals surface area contributed by atoms with Gasteiger partial charge >= 0.3 is 0 Å². The molecule has 0 saturated carbocycles. The van der Waals surface area contributed by atoms with Gasteiger partial charge in [-0.05, 0) is 42.5 Å². The van der Waals surface area contributed by atoms with Crippen molar-refractivity contribution in [3.63, 3.8) is 0 Å². The second kappa shape index (κ2) is 9.89. The number of rotatable bonds is 6. The van der Waals surface area contributed by atoms with Gasteiger partial charge in [0.2, 0.25) is 5.96 Å². The normalized spacial score (nSPS) is 10.9. The van der Waals surface area contributed by atoms with Crippen LogP contribution in [-0.4, -0.2) is 31.1 Å². The van der Waals surface area contributed by atoms with Gasteiger partial charge in [0.15, 0.2) is 0 Å². The molecule has 148 valence electrons. The first-order chi connectivity index (χ1) is 14.2. The number of ether oxygens (including phenoxy) is 2. The van der Waals surface area contributed by atoms with E-state index in [9.17, 15) is 4.79 Å². The molecule has 0 aliphatic heterocycles. The molecular formula is C22H22N4O3. The van der Waals surface area contributed by atoms with Gasteiger partial charge in [-0.3, -0.25) is 15.1 Å². The molecule has 3 rings (SSSR count). The molecule has 0 aliphatic carbocycles. The third-order valence-electron chi connectivity index (χ3n) is 4.02. The number of benzene rings is 2. The first-order valence-electron chi connectivity index (χ1n) is 8.99. The molecule has 7 nitrogen and oxygen atoms in total. The molecule has 0 saturated heterocycles. The van der Waals surface area contributed by atoms with Crippen molar-refractivity contribution in [3.8, 4) is 11.5 Å². The molecule has 1 heterocycles. The average molecular weight is 390 g/mol. The van der Waals surface area contributed by atoms with Crippen molar-refractivity contribution in [2.45, 2.75) is 6.54 Å². The maximum Gasteiger partial charge on any atom is 0.258 e. The minimum Gasteiger partial charge on any atom is -0.497 e. The van der Waals surface area contributed by atoms with Crippen LogP contribution in [0.3, 0.4) is 0 Å². The molecule has 0 atom stereocenters. The Kier molecular flexibility index (Phi) is 6.78. The number of carbonyl (C=O) groups excluding carboxylic acids is 1. The van der Waals surface area contributed by atoms with E-state index < -0.39 is 0 Å². The number of anilines is 1. The zero-order valence-corrected chi connectivity index (χ0v) is 16.3. The van der Waals surface area contributed by atoms with Crippen LogP contribution in [0.1, 0.15) is 16.1 Å². The van der Waals surface area contributed by atoms with Gasteiger partial charge in [0, 0.05) is 23.5 Å². The SMILES string of the molecule is COc1cccc(NC(=NCc2ccccn2)NC(=O)c2cccc(OC)c2)c1. The van der Waals surface area contributed by atoms with Crippen LogP contribution in [0, 0.1) is 0 Å². The van der Waals surface area contributed by atoms with Crippen molar-refractivity contribution in [1.82, 2.24) is 10.3 Å². The van der Waals surface area contributed by atoms with Crippen LogP contribution >= 0.6 is 0 Å². The van der Waals surface area contributed by atoms with Crippen LogP contribution in [0.25, 0.3) is 0 Å². The summed E-state index contributed by atoms with van der Waals surface area (Å²) in [5, 5.41) is 5.95. The number of hydrogen-bond donors (Lipinski definition) is 2. The van der Waals surface area contributed by atoms with Gasteiger partial charge in [0.1, 0.15) is 11.5 Å². The minimum absolute atomic E-state index is 0.303. The van der Waals surface area contributed by atoms with Crippen molar-refractivity contribution in [3.05, 3.63) is 84.2 Å². The Hall–Kier alpha value is -3.87. The van der Waals surface area contributed by atoms with E-state index in [1.165, 1.54) is 0 Å². The number of nitrogens with one attached hydrogen (secondary N) is 2. The summed E-state index contributed by atoms with van der Waals surface area (Å²) < 4.78 is 10.4. The smallest absolute Gasteiger partial charge is 0.258 e. The van der Waals surface area contributed by atoms with Crippen LogP contribution < -0.4 is 20.1 Å². The highest BCUT2D eigenvalue weighted by Crippen LogP contribution is 2.17. The predicted molar refractivity (Wildman–Crippen MR) is 112 cm³/mol. The van der Waals surface area contributed by atoms with Gasteiger partial charge in [-0.15, -0.1) is 0 Å². The number of aliphatic imine (C=N–C) groups is 1. The van der Waals surface area contributed by atoms with Crippen LogP contribution in [0.15, 0.2) is 77.9 Å². The quantitative estimate of drug-likeness (QED) is 0.497. The molecule has 7 heteroatoms. The molecule has 0 radical (unpaired) electrons. The van der Waals surface area contributed by atoms with Crippen LogP contribution in [0.4, 0.5) is 5.69 Å². The van der Waals surface area contributed by atoms with Gasteiger partial charge in [0.25, 0.3) is 5.91 Å². The molecule has 1 aromatic heterocycles. The van der Waals surface area contributed by atoms with E-state index in [-0.39, 0.29) is 5.91 Å². The fourth-order valence-electron chi connectivity index (χ4n) is 2.54. The van der Waals surface area contributed by atoms with Crippen molar-refractivity contribution in [2.75, 3.05) is 19.5 Å². The van der Waals surface area contributed by atoms with E-state index in [4.69, 9.17) is 9.47 Å². The van der Waals surface area contributed by atoms with Crippen molar-refractivity contribution in [1.29, 1.82) is 0 Å². The Balaban J connectivity index is 1.81. The summed E-state index contributed by atoms with van der Waals surface area (Å²) in [6, 6.07) is 19.9. The summed E-state index contributed by atoms with van der Waals surface area (Å²) in [6.07, 6.45) is 1.70. The molecule has 2 aromatic carbocycles. The number of guanidine groups is 1. The van der Waals surface area contributed by atoms with E-state index in [0.717, 1.165) is 11.4 Å². The Morgan fingerprint density at radius 1 is 0.966 bits per heavy atom. The zero-order chi connectivity index (χ0) is 20.5. The lowest BCUT2D eigenvalue weighted by atomic mass is 10.2. The second-order valence-electron chi connectivity index (χ2n) is 6.03.